The summed E-state index contributed by atoms with van der Waals surface area (Å²) in [6.45, 7) is 1.63. The second kappa shape index (κ2) is 6.91. The van der Waals surface area contributed by atoms with Gasteiger partial charge in [0.2, 0.25) is 5.91 Å². The number of halogens is 3. The molecule has 1 atom stereocenters. The fourth-order valence-corrected chi connectivity index (χ4v) is 2.62. The van der Waals surface area contributed by atoms with Crippen LogP contribution in [-0.2, 0) is 4.79 Å². The number of carbonyl (C=O) groups is 1. The Hall–Kier alpha value is -1.59. The van der Waals surface area contributed by atoms with E-state index in [1.165, 1.54) is 0 Å². The van der Waals surface area contributed by atoms with Gasteiger partial charge in [-0.1, -0.05) is 11.6 Å². The average Bonchev–Trinajstić information content (AvgIpc) is 2.45. The van der Waals surface area contributed by atoms with E-state index in [9.17, 15) is 13.6 Å². The summed E-state index contributed by atoms with van der Waals surface area (Å²) in [5, 5.41) is 2.68. The summed E-state index contributed by atoms with van der Waals surface area (Å²) >= 11 is 6.72. The van der Waals surface area contributed by atoms with Crippen LogP contribution in [0.15, 0.2) is 47.4 Å². The lowest BCUT2D eigenvalue weighted by atomic mass is 10.3. The standard InChI is InChI=1S/C15H12ClF2NOS/c1-9(21-14-8-11(17)4-7-13(14)18)15(20)19-12-5-2-10(16)3-6-12/h2-9H,1H3,(H,19,20)/t9-/m0/s1. The molecule has 0 radical (unpaired) electrons. The molecule has 6 heteroatoms. The summed E-state index contributed by atoms with van der Waals surface area (Å²) in [6, 6.07) is 9.80. The second-order valence-electron chi connectivity index (χ2n) is 4.33. The molecule has 0 saturated heterocycles. The van der Waals surface area contributed by atoms with Gasteiger partial charge in [-0.15, -0.1) is 11.8 Å². The fraction of sp³-hybridized carbons (Fsp3) is 0.133. The molecule has 0 unspecified atom stereocenters. The molecular weight excluding hydrogens is 316 g/mol. The zero-order valence-corrected chi connectivity index (χ0v) is 12.6. The van der Waals surface area contributed by atoms with Crippen molar-refractivity contribution in [2.75, 3.05) is 5.32 Å². The summed E-state index contributed by atoms with van der Waals surface area (Å²) in [5.74, 6) is -1.39. The highest BCUT2D eigenvalue weighted by atomic mass is 35.5. The number of thioether (sulfide) groups is 1. The lowest BCUT2D eigenvalue weighted by Crippen LogP contribution is -2.22. The van der Waals surface area contributed by atoms with Gasteiger partial charge in [-0.2, -0.15) is 0 Å². The van der Waals surface area contributed by atoms with E-state index < -0.39 is 16.9 Å². The molecule has 0 spiro atoms. The van der Waals surface area contributed by atoms with Gasteiger partial charge >= 0.3 is 0 Å². The first-order valence-electron chi connectivity index (χ1n) is 6.14. The van der Waals surface area contributed by atoms with Crippen molar-refractivity contribution in [2.45, 2.75) is 17.1 Å². The van der Waals surface area contributed by atoms with Crippen LogP contribution in [0.2, 0.25) is 5.02 Å². The fourth-order valence-electron chi connectivity index (χ4n) is 1.59. The number of rotatable bonds is 4. The van der Waals surface area contributed by atoms with E-state index in [2.05, 4.69) is 5.32 Å². The van der Waals surface area contributed by atoms with E-state index in [1.54, 1.807) is 31.2 Å². The molecule has 2 aromatic rings. The van der Waals surface area contributed by atoms with Crippen LogP contribution in [0.3, 0.4) is 0 Å². The Kier molecular flexibility index (Phi) is 5.20. The lowest BCUT2D eigenvalue weighted by Gasteiger charge is -2.12. The number of nitrogens with one attached hydrogen (secondary N) is 1. The van der Waals surface area contributed by atoms with Crippen molar-refractivity contribution in [3.8, 4) is 0 Å². The van der Waals surface area contributed by atoms with Crippen LogP contribution >= 0.6 is 23.4 Å². The van der Waals surface area contributed by atoms with Gasteiger partial charge in [-0.05, 0) is 49.4 Å². The molecule has 2 aromatic carbocycles. The van der Waals surface area contributed by atoms with Crippen molar-refractivity contribution in [3.63, 3.8) is 0 Å². The maximum atomic E-state index is 13.5. The van der Waals surface area contributed by atoms with Gasteiger partial charge in [-0.25, -0.2) is 8.78 Å². The zero-order chi connectivity index (χ0) is 15.4. The average molecular weight is 328 g/mol. The van der Waals surface area contributed by atoms with Crippen molar-refractivity contribution < 1.29 is 13.6 Å². The Morgan fingerprint density at radius 2 is 1.86 bits per heavy atom. The maximum absolute atomic E-state index is 13.5. The minimum atomic E-state index is -0.572. The summed E-state index contributed by atoms with van der Waals surface area (Å²) in [7, 11) is 0. The third-order valence-electron chi connectivity index (χ3n) is 2.68. The molecule has 0 aliphatic rings. The van der Waals surface area contributed by atoms with Gasteiger partial charge in [0.25, 0.3) is 0 Å². The number of hydrogen-bond acceptors (Lipinski definition) is 2. The minimum Gasteiger partial charge on any atom is -0.325 e. The van der Waals surface area contributed by atoms with Crippen molar-refractivity contribution >= 4 is 35.0 Å². The third-order valence-corrected chi connectivity index (χ3v) is 4.06. The lowest BCUT2D eigenvalue weighted by molar-refractivity contribution is -0.115. The Morgan fingerprint density at radius 3 is 2.52 bits per heavy atom. The Bertz CT molecular complexity index is 649. The van der Waals surface area contributed by atoms with Crippen molar-refractivity contribution in [1.82, 2.24) is 0 Å². The molecule has 1 N–H and O–H groups in total. The zero-order valence-electron chi connectivity index (χ0n) is 11.1. The van der Waals surface area contributed by atoms with Gasteiger partial charge in [0, 0.05) is 15.6 Å². The molecule has 0 saturated carbocycles. The second-order valence-corrected chi connectivity index (χ2v) is 6.15. The van der Waals surface area contributed by atoms with Crippen molar-refractivity contribution in [1.29, 1.82) is 0 Å². The van der Waals surface area contributed by atoms with E-state index in [4.69, 9.17) is 11.6 Å². The first-order chi connectivity index (χ1) is 9.95. The summed E-state index contributed by atoms with van der Waals surface area (Å²) in [5.41, 5.74) is 0.594. The third kappa shape index (κ3) is 4.44. The Morgan fingerprint density at radius 1 is 1.19 bits per heavy atom. The molecule has 0 aliphatic carbocycles. The van der Waals surface area contributed by atoms with Crippen LogP contribution in [0.5, 0.6) is 0 Å². The van der Waals surface area contributed by atoms with E-state index >= 15 is 0 Å². The molecule has 0 aliphatic heterocycles. The normalized spacial score (nSPS) is 12.0. The van der Waals surface area contributed by atoms with Crippen LogP contribution in [-0.4, -0.2) is 11.2 Å². The summed E-state index contributed by atoms with van der Waals surface area (Å²) in [6.07, 6.45) is 0. The smallest absolute Gasteiger partial charge is 0.237 e. The van der Waals surface area contributed by atoms with Crippen LogP contribution in [0.4, 0.5) is 14.5 Å². The molecular formula is C15H12ClF2NOS. The molecule has 110 valence electrons. The number of anilines is 1. The first kappa shape index (κ1) is 15.8. The molecule has 0 bridgehead atoms. The molecule has 2 rings (SSSR count). The Labute approximate surface area is 130 Å². The monoisotopic (exact) mass is 327 g/mol. The minimum absolute atomic E-state index is 0.105. The number of carbonyl (C=O) groups excluding carboxylic acids is 1. The number of hydrogen-bond donors (Lipinski definition) is 1. The predicted octanol–water partition coefficient (Wildman–Crippen LogP) is 4.74. The van der Waals surface area contributed by atoms with Gasteiger partial charge < -0.3 is 5.32 Å². The number of amides is 1. The maximum Gasteiger partial charge on any atom is 0.237 e. The predicted molar refractivity (Wildman–Crippen MR) is 81.8 cm³/mol. The molecule has 0 fully saturated rings. The number of benzene rings is 2. The Balaban J connectivity index is 2.02. The molecule has 21 heavy (non-hydrogen) atoms. The van der Waals surface area contributed by atoms with E-state index in [1.807, 2.05) is 0 Å². The van der Waals surface area contributed by atoms with Gasteiger partial charge in [0.15, 0.2) is 0 Å². The molecule has 0 aromatic heterocycles. The van der Waals surface area contributed by atoms with Gasteiger partial charge in [-0.3, -0.25) is 4.79 Å². The van der Waals surface area contributed by atoms with E-state index in [0.717, 1.165) is 30.0 Å². The van der Waals surface area contributed by atoms with Crippen LogP contribution in [0, 0.1) is 11.6 Å². The van der Waals surface area contributed by atoms with Crippen LogP contribution in [0.1, 0.15) is 6.92 Å². The summed E-state index contributed by atoms with van der Waals surface area (Å²) in [4.78, 5) is 12.1. The molecule has 2 nitrogen and oxygen atoms in total. The molecule has 1 amide bonds. The highest BCUT2D eigenvalue weighted by Gasteiger charge is 2.17. The topological polar surface area (TPSA) is 29.1 Å². The van der Waals surface area contributed by atoms with E-state index in [-0.39, 0.29) is 10.8 Å². The largest absolute Gasteiger partial charge is 0.325 e. The summed E-state index contributed by atoms with van der Waals surface area (Å²) < 4.78 is 26.6. The SMILES string of the molecule is C[C@H](Sc1cc(F)ccc1F)C(=O)Nc1ccc(Cl)cc1. The van der Waals surface area contributed by atoms with Crippen molar-refractivity contribution in [3.05, 3.63) is 59.1 Å². The quantitative estimate of drug-likeness (QED) is 0.822. The van der Waals surface area contributed by atoms with E-state index in [0.29, 0.717) is 10.7 Å². The first-order valence-corrected chi connectivity index (χ1v) is 7.39. The highest BCUT2D eigenvalue weighted by Crippen LogP contribution is 2.27. The highest BCUT2D eigenvalue weighted by molar-refractivity contribution is 8.00. The molecule has 0 heterocycles. The van der Waals surface area contributed by atoms with Gasteiger partial charge in [0.05, 0.1) is 5.25 Å². The van der Waals surface area contributed by atoms with Crippen LogP contribution in [0.25, 0.3) is 0 Å². The van der Waals surface area contributed by atoms with Crippen molar-refractivity contribution in [2.24, 2.45) is 0 Å². The van der Waals surface area contributed by atoms with Gasteiger partial charge in [0.1, 0.15) is 11.6 Å². The van der Waals surface area contributed by atoms with Crippen LogP contribution < -0.4 is 5.32 Å².